The number of aliphatic hydroxyl groups is 1. The molecule has 1 aliphatic carbocycles. The molecular weight excluding hydrogens is 284 g/mol. The highest BCUT2D eigenvalue weighted by Crippen LogP contribution is 2.27. The van der Waals surface area contributed by atoms with Gasteiger partial charge in [0.2, 0.25) is 0 Å². The maximum Gasteiger partial charge on any atom is 0.145 e. The highest BCUT2D eigenvalue weighted by atomic mass is 79.9. The van der Waals surface area contributed by atoms with Gasteiger partial charge in [-0.1, -0.05) is 0 Å². The van der Waals surface area contributed by atoms with E-state index in [9.17, 15) is 5.11 Å². The molecule has 0 spiro atoms. The summed E-state index contributed by atoms with van der Waals surface area (Å²) in [7, 11) is 0. The molecule has 0 bridgehead atoms. The van der Waals surface area contributed by atoms with Gasteiger partial charge < -0.3 is 16.2 Å². The Hall–Kier alpha value is -0.880. The van der Waals surface area contributed by atoms with Gasteiger partial charge in [-0.15, -0.1) is 0 Å². The summed E-state index contributed by atoms with van der Waals surface area (Å²) < 4.78 is 0.718. The lowest BCUT2D eigenvalue weighted by molar-refractivity contribution is 0.111. The molecule has 1 heterocycles. The maximum atomic E-state index is 9.43. The number of anilines is 2. The Morgan fingerprint density at radius 1 is 1.35 bits per heavy atom. The quantitative estimate of drug-likeness (QED) is 0.792. The van der Waals surface area contributed by atoms with E-state index in [-0.39, 0.29) is 6.10 Å². The zero-order valence-electron chi connectivity index (χ0n) is 9.56. The summed E-state index contributed by atoms with van der Waals surface area (Å²) in [6.45, 7) is 0.863. The van der Waals surface area contributed by atoms with Crippen molar-refractivity contribution in [3.05, 3.63) is 10.8 Å². The van der Waals surface area contributed by atoms with Gasteiger partial charge >= 0.3 is 0 Å². The van der Waals surface area contributed by atoms with Crippen LogP contribution in [0.4, 0.5) is 11.6 Å². The molecule has 4 N–H and O–H groups in total. The van der Waals surface area contributed by atoms with Gasteiger partial charge in [-0.2, -0.15) is 0 Å². The van der Waals surface area contributed by atoms with E-state index in [0.717, 1.165) is 42.5 Å². The van der Waals surface area contributed by atoms with Crippen molar-refractivity contribution in [1.29, 1.82) is 0 Å². The van der Waals surface area contributed by atoms with Crippen LogP contribution >= 0.6 is 15.9 Å². The maximum absolute atomic E-state index is 9.43. The summed E-state index contributed by atoms with van der Waals surface area (Å²) in [5, 5.41) is 12.7. The number of halogens is 1. The minimum absolute atomic E-state index is 0.104. The molecule has 0 unspecified atom stereocenters. The number of hydrogen-bond donors (Lipinski definition) is 3. The Balaban J connectivity index is 1.87. The number of nitrogen functional groups attached to an aromatic ring is 1. The van der Waals surface area contributed by atoms with Gasteiger partial charge in [-0.05, 0) is 47.5 Å². The van der Waals surface area contributed by atoms with Gasteiger partial charge in [0.05, 0.1) is 6.10 Å². The van der Waals surface area contributed by atoms with Crippen LogP contribution in [0.25, 0.3) is 0 Å². The molecule has 0 saturated heterocycles. The SMILES string of the molecule is Nc1ncnc(NCC2CCC(O)CC2)c1Br. The highest BCUT2D eigenvalue weighted by Gasteiger charge is 2.19. The fraction of sp³-hybridized carbons (Fsp3) is 0.636. The number of hydrogen-bond acceptors (Lipinski definition) is 5. The van der Waals surface area contributed by atoms with Crippen molar-refractivity contribution < 1.29 is 5.11 Å². The number of aliphatic hydroxyl groups excluding tert-OH is 1. The predicted molar refractivity (Wildman–Crippen MR) is 70.6 cm³/mol. The van der Waals surface area contributed by atoms with Gasteiger partial charge in [0.25, 0.3) is 0 Å². The van der Waals surface area contributed by atoms with Gasteiger partial charge in [-0.25, -0.2) is 9.97 Å². The lowest BCUT2D eigenvalue weighted by atomic mass is 9.87. The Bertz CT molecular complexity index is 380. The first-order chi connectivity index (χ1) is 8.16. The second kappa shape index (κ2) is 5.64. The Labute approximate surface area is 109 Å². The predicted octanol–water partition coefficient (Wildman–Crippen LogP) is 1.78. The minimum atomic E-state index is -0.104. The van der Waals surface area contributed by atoms with Crippen LogP contribution in [0.15, 0.2) is 10.8 Å². The average molecular weight is 301 g/mol. The van der Waals surface area contributed by atoms with E-state index >= 15 is 0 Å². The number of nitrogens with two attached hydrogens (primary N) is 1. The van der Waals surface area contributed by atoms with Crippen LogP contribution in [0.1, 0.15) is 25.7 Å². The summed E-state index contributed by atoms with van der Waals surface area (Å²) >= 11 is 3.36. The summed E-state index contributed by atoms with van der Waals surface area (Å²) in [6, 6.07) is 0. The number of nitrogens with one attached hydrogen (secondary N) is 1. The molecule has 17 heavy (non-hydrogen) atoms. The van der Waals surface area contributed by atoms with Crippen molar-refractivity contribution in [2.45, 2.75) is 31.8 Å². The third kappa shape index (κ3) is 3.29. The molecule has 1 aliphatic rings. The largest absolute Gasteiger partial charge is 0.393 e. The molecule has 5 nitrogen and oxygen atoms in total. The summed E-state index contributed by atoms with van der Waals surface area (Å²) in [4.78, 5) is 8.03. The average Bonchev–Trinajstić information content (AvgIpc) is 2.33. The molecule has 94 valence electrons. The monoisotopic (exact) mass is 300 g/mol. The molecule has 1 fully saturated rings. The van der Waals surface area contributed by atoms with Crippen LogP contribution < -0.4 is 11.1 Å². The number of aromatic nitrogens is 2. The van der Waals surface area contributed by atoms with Crippen molar-refractivity contribution in [3.63, 3.8) is 0 Å². The van der Waals surface area contributed by atoms with Crippen molar-refractivity contribution >= 4 is 27.6 Å². The fourth-order valence-corrected chi connectivity index (χ4v) is 2.44. The number of rotatable bonds is 3. The first-order valence-electron chi connectivity index (χ1n) is 5.84. The van der Waals surface area contributed by atoms with Crippen LogP contribution in [-0.4, -0.2) is 27.7 Å². The van der Waals surface area contributed by atoms with E-state index in [1.165, 1.54) is 6.33 Å². The molecule has 1 saturated carbocycles. The van der Waals surface area contributed by atoms with Crippen molar-refractivity contribution in [1.82, 2.24) is 9.97 Å². The van der Waals surface area contributed by atoms with E-state index < -0.39 is 0 Å². The molecule has 0 radical (unpaired) electrons. The normalized spacial score (nSPS) is 24.6. The van der Waals surface area contributed by atoms with Crippen molar-refractivity contribution in [2.75, 3.05) is 17.6 Å². The smallest absolute Gasteiger partial charge is 0.145 e. The number of nitrogens with zero attached hydrogens (tertiary/aromatic N) is 2. The first kappa shape index (κ1) is 12.6. The Morgan fingerprint density at radius 2 is 2.06 bits per heavy atom. The van der Waals surface area contributed by atoms with E-state index in [4.69, 9.17) is 5.73 Å². The fourth-order valence-electron chi connectivity index (χ4n) is 2.10. The van der Waals surface area contributed by atoms with E-state index in [1.807, 2.05) is 0 Å². The van der Waals surface area contributed by atoms with Gasteiger partial charge in [0.15, 0.2) is 0 Å². The zero-order valence-corrected chi connectivity index (χ0v) is 11.2. The van der Waals surface area contributed by atoms with E-state index in [0.29, 0.717) is 11.7 Å². The third-order valence-electron chi connectivity index (χ3n) is 3.19. The van der Waals surface area contributed by atoms with Crippen LogP contribution in [-0.2, 0) is 0 Å². The highest BCUT2D eigenvalue weighted by molar-refractivity contribution is 9.10. The second-order valence-corrected chi connectivity index (χ2v) is 5.27. The topological polar surface area (TPSA) is 84.1 Å². The molecule has 0 amide bonds. The standard InChI is InChI=1S/C11H17BrN4O/c12-9-10(13)15-6-16-11(9)14-5-7-1-3-8(17)4-2-7/h6-8,17H,1-5H2,(H3,13,14,15,16). The van der Waals surface area contributed by atoms with E-state index in [2.05, 4.69) is 31.2 Å². The molecule has 1 aromatic rings. The molecule has 0 aliphatic heterocycles. The first-order valence-corrected chi connectivity index (χ1v) is 6.64. The van der Waals surface area contributed by atoms with Crippen LogP contribution in [0.5, 0.6) is 0 Å². The molecule has 1 aromatic heterocycles. The van der Waals surface area contributed by atoms with Gasteiger partial charge in [0, 0.05) is 6.54 Å². The minimum Gasteiger partial charge on any atom is -0.393 e. The second-order valence-electron chi connectivity index (χ2n) is 4.48. The molecule has 2 rings (SSSR count). The Kier molecular flexibility index (Phi) is 4.17. The zero-order chi connectivity index (χ0) is 12.3. The van der Waals surface area contributed by atoms with Crippen molar-refractivity contribution in [2.24, 2.45) is 5.92 Å². The molecular formula is C11H17BrN4O. The van der Waals surface area contributed by atoms with Gasteiger partial charge in [0.1, 0.15) is 22.4 Å². The lowest BCUT2D eigenvalue weighted by Crippen LogP contribution is -2.24. The van der Waals surface area contributed by atoms with E-state index in [1.54, 1.807) is 0 Å². The summed E-state index contributed by atoms with van der Waals surface area (Å²) in [5.74, 6) is 1.78. The summed E-state index contributed by atoms with van der Waals surface area (Å²) in [5.41, 5.74) is 5.68. The van der Waals surface area contributed by atoms with Crippen LogP contribution in [0, 0.1) is 5.92 Å². The summed E-state index contributed by atoms with van der Waals surface area (Å²) in [6.07, 6.45) is 5.28. The van der Waals surface area contributed by atoms with Crippen LogP contribution in [0.3, 0.4) is 0 Å². The van der Waals surface area contributed by atoms with Crippen LogP contribution in [0.2, 0.25) is 0 Å². The molecule has 0 aromatic carbocycles. The Morgan fingerprint density at radius 3 is 2.76 bits per heavy atom. The van der Waals surface area contributed by atoms with Gasteiger partial charge in [-0.3, -0.25) is 0 Å². The van der Waals surface area contributed by atoms with Crippen molar-refractivity contribution in [3.8, 4) is 0 Å². The molecule has 6 heteroatoms. The molecule has 0 atom stereocenters. The third-order valence-corrected chi connectivity index (χ3v) is 3.97. The lowest BCUT2D eigenvalue weighted by Gasteiger charge is -2.25.